The molecule has 1 N–H and O–H groups in total. The Hall–Kier alpha value is -3.02. The fourth-order valence-electron chi connectivity index (χ4n) is 3.01. The van der Waals surface area contributed by atoms with Crippen LogP contribution in [-0.4, -0.2) is 42.5 Å². The number of nitrogens with one attached hydrogen (secondary N) is 1. The highest BCUT2D eigenvalue weighted by molar-refractivity contribution is 5.88. The van der Waals surface area contributed by atoms with E-state index >= 15 is 0 Å². The molecule has 2 aromatic rings. The van der Waals surface area contributed by atoms with Gasteiger partial charge in [0.15, 0.2) is 6.61 Å². The number of carbonyl (C=O) groups excluding carboxylic acids is 2. The van der Waals surface area contributed by atoms with Crippen molar-refractivity contribution in [3.8, 4) is 11.5 Å². The van der Waals surface area contributed by atoms with Crippen LogP contribution in [0.2, 0.25) is 0 Å². The summed E-state index contributed by atoms with van der Waals surface area (Å²) in [4.78, 5) is 27.4. The monoisotopic (exact) mass is 426 g/mol. The number of aryl methyl sites for hydroxylation is 2. The first kappa shape index (κ1) is 24.3. The molecule has 6 nitrogen and oxygen atoms in total. The fraction of sp³-hybridized carbons (Fsp3) is 0.440. The lowest BCUT2D eigenvalue weighted by atomic mass is 10.1. The zero-order valence-corrected chi connectivity index (χ0v) is 19.4. The van der Waals surface area contributed by atoms with Crippen LogP contribution in [0.15, 0.2) is 42.5 Å². The molecule has 0 spiro atoms. The first-order valence-electron chi connectivity index (χ1n) is 10.7. The molecule has 2 atom stereocenters. The lowest BCUT2D eigenvalue weighted by molar-refractivity contribution is -0.142. The number of carbonyl (C=O) groups is 2. The predicted molar refractivity (Wildman–Crippen MR) is 122 cm³/mol. The average molecular weight is 427 g/mol. The van der Waals surface area contributed by atoms with Crippen LogP contribution < -0.4 is 14.8 Å². The number of benzene rings is 2. The predicted octanol–water partition coefficient (Wildman–Crippen LogP) is 4.02. The molecule has 2 amide bonds. The summed E-state index contributed by atoms with van der Waals surface area (Å²) in [5.41, 5.74) is 3.17. The molecule has 0 saturated heterocycles. The Morgan fingerprint density at radius 2 is 1.65 bits per heavy atom. The minimum atomic E-state index is -0.632. The molecule has 2 unspecified atom stereocenters. The fourth-order valence-corrected chi connectivity index (χ4v) is 3.01. The maximum atomic E-state index is 13.1. The Bertz CT molecular complexity index is 880. The van der Waals surface area contributed by atoms with Gasteiger partial charge in [-0.3, -0.25) is 9.59 Å². The van der Waals surface area contributed by atoms with Crippen LogP contribution in [0, 0.1) is 13.8 Å². The van der Waals surface area contributed by atoms with Gasteiger partial charge in [0.25, 0.3) is 5.91 Å². The molecule has 0 saturated carbocycles. The van der Waals surface area contributed by atoms with E-state index in [0.717, 1.165) is 28.9 Å². The molecule has 0 heterocycles. The largest absolute Gasteiger partial charge is 0.497 e. The highest BCUT2D eigenvalue weighted by atomic mass is 16.5. The SMILES string of the molecule is CCC(C)NC(=O)C(C)N(Cc1ccc(OC)cc1)C(=O)COc1ccc(C)c(C)c1. The maximum Gasteiger partial charge on any atom is 0.261 e. The topological polar surface area (TPSA) is 67.9 Å². The van der Waals surface area contributed by atoms with E-state index in [2.05, 4.69) is 5.32 Å². The third-order valence-electron chi connectivity index (χ3n) is 5.52. The lowest BCUT2D eigenvalue weighted by Gasteiger charge is -2.29. The van der Waals surface area contributed by atoms with Crippen LogP contribution in [0.1, 0.15) is 43.9 Å². The van der Waals surface area contributed by atoms with Gasteiger partial charge >= 0.3 is 0 Å². The second-order valence-corrected chi connectivity index (χ2v) is 7.90. The highest BCUT2D eigenvalue weighted by Gasteiger charge is 2.27. The third-order valence-corrected chi connectivity index (χ3v) is 5.52. The summed E-state index contributed by atoms with van der Waals surface area (Å²) >= 11 is 0. The van der Waals surface area contributed by atoms with Gasteiger partial charge in [-0.15, -0.1) is 0 Å². The van der Waals surface area contributed by atoms with E-state index in [0.29, 0.717) is 12.3 Å². The van der Waals surface area contributed by atoms with Gasteiger partial charge in [-0.1, -0.05) is 25.1 Å². The first-order chi connectivity index (χ1) is 14.7. The summed E-state index contributed by atoms with van der Waals surface area (Å²) in [5, 5.41) is 2.96. The van der Waals surface area contributed by atoms with Crippen molar-refractivity contribution in [3.05, 3.63) is 59.2 Å². The van der Waals surface area contributed by atoms with E-state index in [9.17, 15) is 9.59 Å². The first-order valence-corrected chi connectivity index (χ1v) is 10.7. The molecule has 168 valence electrons. The molecule has 0 aliphatic heterocycles. The van der Waals surface area contributed by atoms with Crippen LogP contribution in [0.5, 0.6) is 11.5 Å². The van der Waals surface area contributed by atoms with Crippen molar-refractivity contribution < 1.29 is 19.1 Å². The van der Waals surface area contributed by atoms with E-state index in [-0.39, 0.29) is 24.5 Å². The Kier molecular flexibility index (Phi) is 8.91. The molecule has 0 aliphatic rings. The quantitative estimate of drug-likeness (QED) is 0.623. The molecule has 2 aromatic carbocycles. The van der Waals surface area contributed by atoms with Crippen molar-refractivity contribution >= 4 is 11.8 Å². The summed E-state index contributed by atoms with van der Waals surface area (Å²) in [7, 11) is 1.61. The number of methoxy groups -OCH3 is 1. The van der Waals surface area contributed by atoms with E-state index in [1.807, 2.05) is 70.2 Å². The Balaban J connectivity index is 2.16. The zero-order valence-electron chi connectivity index (χ0n) is 19.4. The average Bonchev–Trinajstić information content (AvgIpc) is 2.77. The normalized spacial score (nSPS) is 12.6. The van der Waals surface area contributed by atoms with Gasteiger partial charge in [-0.2, -0.15) is 0 Å². The van der Waals surface area contributed by atoms with Crippen LogP contribution in [-0.2, 0) is 16.1 Å². The van der Waals surface area contributed by atoms with Crippen molar-refractivity contribution in [1.82, 2.24) is 10.2 Å². The summed E-state index contributed by atoms with van der Waals surface area (Å²) in [6, 6.07) is 12.6. The van der Waals surface area contributed by atoms with Crippen molar-refractivity contribution in [2.24, 2.45) is 0 Å². The van der Waals surface area contributed by atoms with Gasteiger partial charge in [-0.25, -0.2) is 0 Å². The standard InChI is InChI=1S/C25H34N2O4/c1-7-19(4)26-25(29)20(5)27(15-21-9-12-22(30-6)13-10-21)24(28)16-31-23-11-8-17(2)18(3)14-23/h8-14,19-20H,7,15-16H2,1-6H3,(H,26,29). The summed E-state index contributed by atoms with van der Waals surface area (Å²) < 4.78 is 11.0. The Labute approximate surface area is 185 Å². The molecule has 0 fully saturated rings. The number of nitrogens with zero attached hydrogens (tertiary/aromatic N) is 1. The number of hydrogen-bond acceptors (Lipinski definition) is 4. The number of rotatable bonds is 10. The molecular weight excluding hydrogens is 392 g/mol. The Morgan fingerprint density at radius 1 is 1.00 bits per heavy atom. The molecule has 6 heteroatoms. The lowest BCUT2D eigenvalue weighted by Crippen LogP contribution is -2.50. The van der Waals surface area contributed by atoms with Crippen molar-refractivity contribution in [1.29, 1.82) is 0 Å². The highest BCUT2D eigenvalue weighted by Crippen LogP contribution is 2.18. The summed E-state index contributed by atoms with van der Waals surface area (Å²) in [6.07, 6.45) is 0.820. The summed E-state index contributed by atoms with van der Waals surface area (Å²) in [5.74, 6) is 0.947. The number of amides is 2. The molecular formula is C25H34N2O4. The van der Waals surface area contributed by atoms with Gasteiger partial charge in [0.2, 0.25) is 5.91 Å². The van der Waals surface area contributed by atoms with Crippen LogP contribution >= 0.6 is 0 Å². The van der Waals surface area contributed by atoms with Crippen LogP contribution in [0.3, 0.4) is 0 Å². The second-order valence-electron chi connectivity index (χ2n) is 7.90. The van der Waals surface area contributed by atoms with Crippen LogP contribution in [0.25, 0.3) is 0 Å². The van der Waals surface area contributed by atoms with Crippen molar-refractivity contribution in [2.75, 3.05) is 13.7 Å². The second kappa shape index (κ2) is 11.4. The number of hydrogen-bond donors (Lipinski definition) is 1. The molecule has 0 radical (unpaired) electrons. The third kappa shape index (κ3) is 7.02. The summed E-state index contributed by atoms with van der Waals surface area (Å²) in [6.45, 7) is 9.89. The van der Waals surface area contributed by atoms with Crippen molar-refractivity contribution in [3.63, 3.8) is 0 Å². The van der Waals surface area contributed by atoms with Crippen LogP contribution in [0.4, 0.5) is 0 Å². The molecule has 0 bridgehead atoms. The minimum Gasteiger partial charge on any atom is -0.497 e. The maximum absolute atomic E-state index is 13.1. The molecule has 2 rings (SSSR count). The van der Waals surface area contributed by atoms with E-state index in [1.165, 1.54) is 0 Å². The molecule has 0 aromatic heterocycles. The molecule has 31 heavy (non-hydrogen) atoms. The van der Waals surface area contributed by atoms with Gasteiger partial charge in [0, 0.05) is 12.6 Å². The number of ether oxygens (including phenoxy) is 2. The van der Waals surface area contributed by atoms with E-state index < -0.39 is 6.04 Å². The van der Waals surface area contributed by atoms with Gasteiger partial charge in [-0.05, 0) is 75.1 Å². The Morgan fingerprint density at radius 3 is 2.23 bits per heavy atom. The minimum absolute atomic E-state index is 0.0414. The van der Waals surface area contributed by atoms with Gasteiger partial charge in [0.1, 0.15) is 17.5 Å². The smallest absolute Gasteiger partial charge is 0.261 e. The van der Waals surface area contributed by atoms with Crippen molar-refractivity contribution in [2.45, 2.75) is 59.7 Å². The molecule has 0 aliphatic carbocycles. The van der Waals surface area contributed by atoms with Gasteiger partial charge in [0.05, 0.1) is 7.11 Å². The van der Waals surface area contributed by atoms with E-state index in [1.54, 1.807) is 18.9 Å². The zero-order chi connectivity index (χ0) is 23.0. The van der Waals surface area contributed by atoms with E-state index in [4.69, 9.17) is 9.47 Å². The van der Waals surface area contributed by atoms with Gasteiger partial charge < -0.3 is 19.7 Å².